The summed E-state index contributed by atoms with van der Waals surface area (Å²) in [6, 6.07) is 9.59. The van der Waals surface area contributed by atoms with Crippen LogP contribution in [-0.4, -0.2) is 16.9 Å². The first-order chi connectivity index (χ1) is 9.18. The van der Waals surface area contributed by atoms with Gasteiger partial charge in [-0.05, 0) is 36.3 Å². The molecule has 0 aromatic heterocycles. The van der Waals surface area contributed by atoms with Crippen molar-refractivity contribution in [3.63, 3.8) is 0 Å². The number of rotatable bonds is 2. The van der Waals surface area contributed by atoms with E-state index in [1.54, 1.807) is 11.3 Å². The number of nitrogens with one attached hydrogen (secondary N) is 1. The molecular formula is C14H13N5. The fraction of sp³-hybridized carbons (Fsp3) is 0.143. The van der Waals surface area contributed by atoms with E-state index in [0.29, 0.717) is 12.0 Å². The fourth-order valence-electron chi connectivity index (χ4n) is 2.18. The van der Waals surface area contributed by atoms with Gasteiger partial charge in [0, 0.05) is 6.20 Å². The van der Waals surface area contributed by atoms with Gasteiger partial charge in [-0.2, -0.15) is 10.4 Å². The van der Waals surface area contributed by atoms with Crippen LogP contribution in [-0.2, 0) is 6.42 Å². The van der Waals surface area contributed by atoms with E-state index in [4.69, 9.17) is 11.0 Å². The molecule has 5 nitrogen and oxygen atoms in total. The second-order valence-electron chi connectivity index (χ2n) is 4.68. The molecule has 0 fully saturated rings. The van der Waals surface area contributed by atoms with Crippen LogP contribution in [0.3, 0.4) is 0 Å². The zero-order valence-corrected chi connectivity index (χ0v) is 10.2. The minimum absolute atomic E-state index is 0.541. The number of nitrogens with zero attached hydrogens (tertiary/aromatic N) is 3. The Morgan fingerprint density at radius 3 is 2.89 bits per heavy atom. The summed E-state index contributed by atoms with van der Waals surface area (Å²) in [7, 11) is 0. The molecule has 0 spiro atoms. The van der Waals surface area contributed by atoms with Crippen LogP contribution < -0.4 is 11.1 Å². The number of nitrogens with two attached hydrogens (primary N) is 1. The zero-order chi connectivity index (χ0) is 13.3. The van der Waals surface area contributed by atoms with Crippen molar-refractivity contribution in [3.05, 3.63) is 59.6 Å². The Morgan fingerprint density at radius 1 is 1.37 bits per heavy atom. The lowest BCUT2D eigenvalue weighted by Gasteiger charge is -2.28. The predicted molar refractivity (Wildman–Crippen MR) is 72.5 cm³/mol. The van der Waals surface area contributed by atoms with Gasteiger partial charge < -0.3 is 11.1 Å². The first-order valence-electron chi connectivity index (χ1n) is 5.97. The fourth-order valence-corrected chi connectivity index (χ4v) is 2.18. The SMILES string of the molecule is N#Cc1ccc(CC2(N)C=CN3N=CNC3=C2)cc1. The van der Waals surface area contributed by atoms with Gasteiger partial charge in [0.15, 0.2) is 0 Å². The molecule has 3 N–H and O–H groups in total. The minimum atomic E-state index is -0.541. The van der Waals surface area contributed by atoms with Gasteiger partial charge in [0.2, 0.25) is 0 Å². The van der Waals surface area contributed by atoms with Crippen LogP contribution >= 0.6 is 0 Å². The molecule has 0 bridgehead atoms. The van der Waals surface area contributed by atoms with Gasteiger partial charge in [0.05, 0.1) is 17.2 Å². The lowest BCUT2D eigenvalue weighted by atomic mass is 9.90. The van der Waals surface area contributed by atoms with E-state index in [2.05, 4.69) is 16.5 Å². The minimum Gasteiger partial charge on any atom is -0.330 e. The molecule has 2 aliphatic rings. The van der Waals surface area contributed by atoms with Crippen molar-refractivity contribution in [1.82, 2.24) is 10.3 Å². The summed E-state index contributed by atoms with van der Waals surface area (Å²) in [6.07, 6.45) is 8.05. The van der Waals surface area contributed by atoms with Crippen LogP contribution in [0, 0.1) is 11.3 Å². The average Bonchev–Trinajstić information content (AvgIpc) is 2.86. The van der Waals surface area contributed by atoms with Crippen molar-refractivity contribution in [1.29, 1.82) is 5.26 Å². The summed E-state index contributed by atoms with van der Waals surface area (Å²) in [4.78, 5) is 0. The molecule has 1 unspecified atom stereocenters. The van der Waals surface area contributed by atoms with E-state index in [9.17, 15) is 0 Å². The highest BCUT2D eigenvalue weighted by molar-refractivity contribution is 5.61. The predicted octanol–water partition coefficient (Wildman–Crippen LogP) is 1.02. The van der Waals surface area contributed by atoms with Crippen LogP contribution in [0.2, 0.25) is 0 Å². The summed E-state index contributed by atoms with van der Waals surface area (Å²) in [5.74, 6) is 0.874. The number of hydrazone groups is 1. The maximum atomic E-state index is 8.78. The quantitative estimate of drug-likeness (QED) is 0.822. The molecule has 1 aromatic carbocycles. The first-order valence-corrected chi connectivity index (χ1v) is 5.97. The van der Waals surface area contributed by atoms with Gasteiger partial charge in [-0.3, -0.25) is 0 Å². The molecular weight excluding hydrogens is 238 g/mol. The Bertz CT molecular complexity index is 620. The van der Waals surface area contributed by atoms with E-state index in [0.717, 1.165) is 11.4 Å². The Labute approximate surface area is 111 Å². The molecule has 19 heavy (non-hydrogen) atoms. The van der Waals surface area contributed by atoms with Gasteiger partial charge in [-0.25, -0.2) is 5.01 Å². The normalized spacial score (nSPS) is 23.6. The highest BCUT2D eigenvalue weighted by Gasteiger charge is 2.27. The van der Waals surface area contributed by atoms with Crippen molar-refractivity contribution >= 4 is 6.34 Å². The molecule has 0 amide bonds. The summed E-state index contributed by atoms with van der Waals surface area (Å²) in [5.41, 5.74) is 7.58. The van der Waals surface area contributed by atoms with Crippen LogP contribution in [0.15, 0.2) is 53.5 Å². The van der Waals surface area contributed by atoms with Crippen molar-refractivity contribution in [2.75, 3.05) is 0 Å². The van der Waals surface area contributed by atoms with E-state index in [1.807, 2.05) is 42.6 Å². The smallest absolute Gasteiger partial charge is 0.130 e. The van der Waals surface area contributed by atoms with Crippen molar-refractivity contribution in [2.24, 2.45) is 10.8 Å². The molecule has 2 heterocycles. The van der Waals surface area contributed by atoms with Gasteiger partial charge >= 0.3 is 0 Å². The lowest BCUT2D eigenvalue weighted by molar-refractivity contribution is 0.465. The summed E-state index contributed by atoms with van der Waals surface area (Å²) >= 11 is 0. The molecule has 0 saturated heterocycles. The molecule has 2 aliphatic heterocycles. The molecule has 3 rings (SSSR count). The number of nitriles is 1. The zero-order valence-electron chi connectivity index (χ0n) is 10.2. The average molecular weight is 251 g/mol. The third-order valence-corrected chi connectivity index (χ3v) is 3.17. The largest absolute Gasteiger partial charge is 0.330 e. The van der Waals surface area contributed by atoms with Gasteiger partial charge in [-0.1, -0.05) is 12.1 Å². The third-order valence-electron chi connectivity index (χ3n) is 3.17. The lowest BCUT2D eigenvalue weighted by Crippen LogP contribution is -2.42. The molecule has 5 heteroatoms. The summed E-state index contributed by atoms with van der Waals surface area (Å²) in [5, 5.41) is 17.7. The monoisotopic (exact) mass is 251 g/mol. The number of hydrogen-bond donors (Lipinski definition) is 2. The van der Waals surface area contributed by atoms with E-state index in [1.165, 1.54) is 0 Å². The van der Waals surface area contributed by atoms with Crippen molar-refractivity contribution in [2.45, 2.75) is 12.0 Å². The standard InChI is InChI=1S/C14H13N5/c15-9-12-3-1-11(2-4-12)7-14(16)5-6-19-13(8-14)17-10-18-19/h1-6,8,10H,7,16H2,(H,17,18). The van der Waals surface area contributed by atoms with Crippen LogP contribution in [0.25, 0.3) is 0 Å². The Hall–Kier alpha value is -2.58. The number of hydrogen-bond acceptors (Lipinski definition) is 5. The number of fused-ring (bicyclic) bond motifs is 1. The highest BCUT2D eigenvalue weighted by Crippen LogP contribution is 2.23. The molecule has 0 aliphatic carbocycles. The maximum absolute atomic E-state index is 8.78. The first kappa shape index (κ1) is 11.5. The molecule has 1 atom stereocenters. The Kier molecular flexibility index (Phi) is 2.58. The highest BCUT2D eigenvalue weighted by atomic mass is 15.5. The van der Waals surface area contributed by atoms with E-state index >= 15 is 0 Å². The van der Waals surface area contributed by atoms with Crippen LogP contribution in [0.4, 0.5) is 0 Å². The Balaban J connectivity index is 1.81. The second kappa shape index (κ2) is 4.26. The van der Waals surface area contributed by atoms with Crippen LogP contribution in [0.1, 0.15) is 11.1 Å². The van der Waals surface area contributed by atoms with E-state index in [-0.39, 0.29) is 0 Å². The maximum Gasteiger partial charge on any atom is 0.130 e. The van der Waals surface area contributed by atoms with Gasteiger partial charge in [-0.15, -0.1) is 0 Å². The van der Waals surface area contributed by atoms with Gasteiger partial charge in [0.25, 0.3) is 0 Å². The molecule has 0 radical (unpaired) electrons. The summed E-state index contributed by atoms with van der Waals surface area (Å²) < 4.78 is 0. The summed E-state index contributed by atoms with van der Waals surface area (Å²) in [6.45, 7) is 0. The number of benzene rings is 1. The molecule has 0 saturated carbocycles. The topological polar surface area (TPSA) is 77.4 Å². The van der Waals surface area contributed by atoms with E-state index < -0.39 is 5.54 Å². The Morgan fingerprint density at radius 2 is 2.16 bits per heavy atom. The van der Waals surface area contributed by atoms with Gasteiger partial charge in [0.1, 0.15) is 12.2 Å². The van der Waals surface area contributed by atoms with Crippen LogP contribution in [0.5, 0.6) is 0 Å². The second-order valence-corrected chi connectivity index (χ2v) is 4.68. The molecule has 94 valence electrons. The third kappa shape index (κ3) is 2.21. The van der Waals surface area contributed by atoms with Crippen molar-refractivity contribution < 1.29 is 0 Å². The molecule has 1 aromatic rings. The van der Waals surface area contributed by atoms with Crippen molar-refractivity contribution in [3.8, 4) is 6.07 Å².